The number of hydrogen-bond donors (Lipinski definition) is 1. The second kappa shape index (κ2) is 7.54. The summed E-state index contributed by atoms with van der Waals surface area (Å²) in [6.07, 6.45) is 8.59. The smallest absolute Gasteiger partial charge is 0.220 e. The molecule has 0 aromatic rings. The molecule has 2 fully saturated rings. The van der Waals surface area contributed by atoms with E-state index >= 15 is 0 Å². The molecule has 2 atom stereocenters. The summed E-state index contributed by atoms with van der Waals surface area (Å²) in [6, 6.07) is 0.177. The Morgan fingerprint density at radius 3 is 2.26 bits per heavy atom. The largest absolute Gasteiger partial charge is 0.353 e. The number of sulfone groups is 1. The molecule has 2 aliphatic rings. The van der Waals surface area contributed by atoms with Crippen LogP contribution in [0, 0.1) is 17.3 Å². The van der Waals surface area contributed by atoms with Gasteiger partial charge in [-0.25, -0.2) is 8.42 Å². The second-order valence-electron chi connectivity index (χ2n) is 8.70. The Morgan fingerprint density at radius 1 is 1.09 bits per heavy atom. The van der Waals surface area contributed by atoms with Crippen LogP contribution < -0.4 is 5.32 Å². The Balaban J connectivity index is 1.88. The van der Waals surface area contributed by atoms with E-state index in [1.165, 1.54) is 32.1 Å². The lowest BCUT2D eigenvalue weighted by Gasteiger charge is -2.35. The van der Waals surface area contributed by atoms with Crippen LogP contribution >= 0.6 is 0 Å². The van der Waals surface area contributed by atoms with E-state index in [1.54, 1.807) is 0 Å². The van der Waals surface area contributed by atoms with Crippen molar-refractivity contribution in [3.8, 4) is 0 Å². The van der Waals surface area contributed by atoms with Crippen molar-refractivity contribution in [1.29, 1.82) is 0 Å². The van der Waals surface area contributed by atoms with E-state index in [4.69, 9.17) is 0 Å². The van der Waals surface area contributed by atoms with Crippen molar-refractivity contribution in [2.45, 2.75) is 78.2 Å². The quantitative estimate of drug-likeness (QED) is 0.833. The minimum absolute atomic E-state index is 0.00954. The minimum Gasteiger partial charge on any atom is -0.353 e. The molecule has 1 amide bonds. The molecule has 1 saturated heterocycles. The minimum atomic E-state index is -2.90. The Bertz CT molecular complexity index is 501. The average Bonchev–Trinajstić information content (AvgIpc) is 2.77. The molecule has 0 bridgehead atoms. The monoisotopic (exact) mass is 343 g/mol. The fraction of sp³-hybridized carbons (Fsp3) is 0.944. The van der Waals surface area contributed by atoms with Crippen LogP contribution in [0.4, 0.5) is 0 Å². The summed E-state index contributed by atoms with van der Waals surface area (Å²) in [4.78, 5) is 12.4. The first-order chi connectivity index (χ1) is 10.7. The first-order valence-corrected chi connectivity index (χ1v) is 11.0. The van der Waals surface area contributed by atoms with Gasteiger partial charge < -0.3 is 5.32 Å². The number of carbonyl (C=O) groups excluding carboxylic acids is 1. The number of carbonyl (C=O) groups is 1. The second-order valence-corrected chi connectivity index (χ2v) is 10.9. The van der Waals surface area contributed by atoms with Gasteiger partial charge in [-0.3, -0.25) is 4.79 Å². The van der Waals surface area contributed by atoms with Crippen molar-refractivity contribution in [3.63, 3.8) is 0 Å². The standard InChI is InChI=1S/C18H33NO3S/c1-18(2,3)16(11-14-7-5-4-6-8-14)19-17(20)12-15-9-10-23(21,22)13-15/h14-16H,4-13H2,1-3H3,(H,19,20)/t15-,16-/m1/s1. The van der Waals surface area contributed by atoms with Crippen molar-refractivity contribution in [1.82, 2.24) is 5.32 Å². The number of rotatable bonds is 5. The third-order valence-electron chi connectivity index (χ3n) is 5.48. The van der Waals surface area contributed by atoms with Crippen LogP contribution in [0.15, 0.2) is 0 Å². The average molecular weight is 344 g/mol. The fourth-order valence-corrected chi connectivity index (χ4v) is 5.80. The van der Waals surface area contributed by atoms with Crippen LogP contribution in [0.1, 0.15) is 72.1 Å². The number of hydrogen-bond acceptors (Lipinski definition) is 3. The molecule has 1 aliphatic carbocycles. The van der Waals surface area contributed by atoms with E-state index in [0.717, 1.165) is 12.3 Å². The van der Waals surface area contributed by atoms with Gasteiger partial charge in [-0.05, 0) is 30.1 Å². The SMILES string of the molecule is CC(C)(C)[C@@H](CC1CCCCC1)NC(=O)C[C@H]1CCS(=O)(=O)C1. The van der Waals surface area contributed by atoms with Gasteiger partial charge in [0.1, 0.15) is 0 Å². The molecular formula is C18H33NO3S. The maximum atomic E-state index is 12.4. The highest BCUT2D eigenvalue weighted by molar-refractivity contribution is 7.91. The van der Waals surface area contributed by atoms with Crippen molar-refractivity contribution < 1.29 is 13.2 Å². The van der Waals surface area contributed by atoms with E-state index in [-0.39, 0.29) is 34.8 Å². The van der Waals surface area contributed by atoms with Gasteiger partial charge in [-0.15, -0.1) is 0 Å². The zero-order chi connectivity index (χ0) is 17.1. The van der Waals surface area contributed by atoms with Gasteiger partial charge in [0.2, 0.25) is 5.91 Å². The van der Waals surface area contributed by atoms with Gasteiger partial charge in [-0.2, -0.15) is 0 Å². The fourth-order valence-electron chi connectivity index (χ4n) is 3.93. The summed E-state index contributed by atoms with van der Waals surface area (Å²) in [5.41, 5.74) is 0.0366. The molecule has 0 radical (unpaired) electrons. The lowest BCUT2D eigenvalue weighted by atomic mass is 9.77. The maximum absolute atomic E-state index is 12.4. The Kier molecular flexibility index (Phi) is 6.15. The van der Waals surface area contributed by atoms with Crippen LogP contribution in [0.25, 0.3) is 0 Å². The van der Waals surface area contributed by atoms with Crippen LogP contribution in [-0.2, 0) is 14.6 Å². The van der Waals surface area contributed by atoms with E-state index in [1.807, 2.05) is 0 Å². The van der Waals surface area contributed by atoms with Crippen molar-refractivity contribution in [2.24, 2.45) is 17.3 Å². The lowest BCUT2D eigenvalue weighted by molar-refractivity contribution is -0.123. The summed E-state index contributed by atoms with van der Waals surface area (Å²) in [5, 5.41) is 3.22. The van der Waals surface area contributed by atoms with Crippen molar-refractivity contribution >= 4 is 15.7 Å². The molecule has 1 aliphatic heterocycles. The van der Waals surface area contributed by atoms with Gasteiger partial charge in [0, 0.05) is 12.5 Å². The summed E-state index contributed by atoms with van der Waals surface area (Å²) in [7, 11) is -2.90. The first-order valence-electron chi connectivity index (χ1n) is 9.15. The predicted octanol–water partition coefficient (Wildman–Crippen LogP) is 3.31. The summed E-state index contributed by atoms with van der Waals surface area (Å²) in [6.45, 7) is 6.54. The Labute approximate surface area is 141 Å². The van der Waals surface area contributed by atoms with Gasteiger partial charge in [0.05, 0.1) is 11.5 Å². The molecule has 134 valence electrons. The number of amides is 1. The zero-order valence-electron chi connectivity index (χ0n) is 14.9. The van der Waals surface area contributed by atoms with E-state index < -0.39 is 9.84 Å². The molecule has 0 aromatic heterocycles. The number of nitrogens with one attached hydrogen (secondary N) is 1. The third-order valence-corrected chi connectivity index (χ3v) is 7.31. The van der Waals surface area contributed by atoms with Crippen LogP contribution in [0.2, 0.25) is 0 Å². The molecule has 4 nitrogen and oxygen atoms in total. The molecule has 1 heterocycles. The lowest BCUT2D eigenvalue weighted by Crippen LogP contribution is -2.45. The normalized spacial score (nSPS) is 26.8. The third kappa shape index (κ3) is 6.09. The molecule has 0 spiro atoms. The van der Waals surface area contributed by atoms with Gasteiger partial charge in [0.25, 0.3) is 0 Å². The van der Waals surface area contributed by atoms with Gasteiger partial charge >= 0.3 is 0 Å². The van der Waals surface area contributed by atoms with Crippen molar-refractivity contribution in [2.75, 3.05) is 11.5 Å². The summed E-state index contributed by atoms with van der Waals surface area (Å²) >= 11 is 0. The molecule has 2 rings (SSSR count). The predicted molar refractivity (Wildman–Crippen MR) is 94.0 cm³/mol. The summed E-state index contributed by atoms with van der Waals surface area (Å²) < 4.78 is 23.1. The zero-order valence-corrected chi connectivity index (χ0v) is 15.8. The molecule has 0 aromatic carbocycles. The van der Waals surface area contributed by atoms with E-state index in [0.29, 0.717) is 12.8 Å². The topological polar surface area (TPSA) is 63.2 Å². The highest BCUT2D eigenvalue weighted by Gasteiger charge is 2.32. The molecule has 23 heavy (non-hydrogen) atoms. The van der Waals surface area contributed by atoms with Crippen LogP contribution in [0.5, 0.6) is 0 Å². The molecule has 0 unspecified atom stereocenters. The Hall–Kier alpha value is -0.580. The maximum Gasteiger partial charge on any atom is 0.220 e. The molecule has 1 saturated carbocycles. The van der Waals surface area contributed by atoms with Gasteiger partial charge in [-0.1, -0.05) is 52.9 Å². The van der Waals surface area contributed by atoms with Gasteiger partial charge in [0.15, 0.2) is 9.84 Å². The highest BCUT2D eigenvalue weighted by Crippen LogP contribution is 2.32. The molecule has 1 N–H and O–H groups in total. The molecular weight excluding hydrogens is 310 g/mol. The van der Waals surface area contributed by atoms with Crippen LogP contribution in [-0.4, -0.2) is 31.9 Å². The van der Waals surface area contributed by atoms with E-state index in [9.17, 15) is 13.2 Å². The Morgan fingerprint density at radius 2 is 1.74 bits per heavy atom. The molecule has 5 heteroatoms. The first kappa shape index (κ1) is 18.8. The van der Waals surface area contributed by atoms with E-state index in [2.05, 4.69) is 26.1 Å². The summed E-state index contributed by atoms with van der Waals surface area (Å²) in [5.74, 6) is 1.19. The van der Waals surface area contributed by atoms with Crippen LogP contribution in [0.3, 0.4) is 0 Å². The highest BCUT2D eigenvalue weighted by atomic mass is 32.2. The van der Waals surface area contributed by atoms with Crippen molar-refractivity contribution in [3.05, 3.63) is 0 Å².